The zero-order valence-electron chi connectivity index (χ0n) is 15.6. The summed E-state index contributed by atoms with van der Waals surface area (Å²) in [6, 6.07) is 6.14. The number of Topliss-reactive ketones (excluding diaryl/α,β-unsaturated/α-hetero) is 1. The molecule has 0 unspecified atom stereocenters. The molecule has 3 aromatic rings. The van der Waals surface area contributed by atoms with Crippen LogP contribution in [0.25, 0.3) is 22.0 Å². The molecule has 0 saturated carbocycles. The van der Waals surface area contributed by atoms with Crippen molar-refractivity contribution in [2.45, 2.75) is 25.7 Å². The van der Waals surface area contributed by atoms with Crippen molar-refractivity contribution in [1.29, 1.82) is 0 Å². The largest absolute Gasteiger partial charge is 0.303 e. The Bertz CT molecular complexity index is 1000. The van der Waals surface area contributed by atoms with Crippen molar-refractivity contribution < 1.29 is 4.79 Å². The normalized spacial score (nSPS) is 24.4. The summed E-state index contributed by atoms with van der Waals surface area (Å²) in [7, 11) is 1.91. The van der Waals surface area contributed by atoms with Gasteiger partial charge in [-0.1, -0.05) is 12.1 Å². The van der Waals surface area contributed by atoms with E-state index < -0.39 is 0 Å². The Balaban J connectivity index is 1.42. The van der Waals surface area contributed by atoms with E-state index in [1.165, 1.54) is 0 Å². The van der Waals surface area contributed by atoms with E-state index in [-0.39, 0.29) is 5.41 Å². The van der Waals surface area contributed by atoms with Crippen LogP contribution in [0.2, 0.25) is 0 Å². The fourth-order valence-corrected chi connectivity index (χ4v) is 4.47. The maximum absolute atomic E-state index is 13.1. The van der Waals surface area contributed by atoms with Gasteiger partial charge in [-0.3, -0.25) is 9.48 Å². The molecule has 5 heterocycles. The van der Waals surface area contributed by atoms with E-state index >= 15 is 0 Å². The lowest BCUT2D eigenvalue weighted by atomic mass is 9.68. The first kappa shape index (κ1) is 16.6. The van der Waals surface area contributed by atoms with E-state index in [9.17, 15) is 4.79 Å². The lowest BCUT2D eigenvalue weighted by molar-refractivity contribution is -0.135. The Morgan fingerprint density at radius 2 is 1.89 bits per heavy atom. The summed E-state index contributed by atoms with van der Waals surface area (Å²) in [5.74, 6) is 0.961. The average Bonchev–Trinajstić information content (AvgIpc) is 3.15. The first-order valence-electron chi connectivity index (χ1n) is 9.62. The number of piperidine rings is 3. The van der Waals surface area contributed by atoms with Crippen molar-refractivity contribution in [3.63, 3.8) is 0 Å². The van der Waals surface area contributed by atoms with Gasteiger partial charge in [0.15, 0.2) is 0 Å². The number of fused-ring (bicyclic) bond motifs is 4. The van der Waals surface area contributed by atoms with E-state index in [4.69, 9.17) is 4.98 Å². The number of hydrogen-bond acceptors (Lipinski definition) is 5. The number of rotatable bonds is 4. The third-order valence-corrected chi connectivity index (χ3v) is 6.30. The molecule has 0 N–H and O–H groups in total. The third kappa shape index (κ3) is 2.94. The van der Waals surface area contributed by atoms with Crippen molar-refractivity contribution in [2.75, 3.05) is 19.6 Å². The lowest BCUT2D eigenvalue weighted by Crippen LogP contribution is -2.52. The molecule has 0 radical (unpaired) electrons. The van der Waals surface area contributed by atoms with Gasteiger partial charge in [-0.05, 0) is 50.5 Å². The van der Waals surface area contributed by atoms with E-state index in [2.05, 4.69) is 27.1 Å². The monoisotopic (exact) mass is 361 g/mol. The summed E-state index contributed by atoms with van der Waals surface area (Å²) in [4.78, 5) is 24.7. The lowest BCUT2D eigenvalue weighted by Gasteiger charge is -2.47. The van der Waals surface area contributed by atoms with Crippen LogP contribution >= 0.6 is 0 Å². The van der Waals surface area contributed by atoms with Crippen LogP contribution in [-0.2, 0) is 18.3 Å². The van der Waals surface area contributed by atoms with E-state index in [1.807, 2.05) is 31.7 Å². The highest BCUT2D eigenvalue weighted by molar-refractivity contribution is 5.88. The molecular formula is C21H23N5O. The molecule has 1 aromatic carbocycles. The molecule has 3 fully saturated rings. The second-order valence-corrected chi connectivity index (χ2v) is 7.93. The number of carbonyl (C=O) groups is 1. The maximum Gasteiger partial charge on any atom is 0.146 e. The van der Waals surface area contributed by atoms with Gasteiger partial charge >= 0.3 is 0 Å². The van der Waals surface area contributed by atoms with Gasteiger partial charge in [-0.25, -0.2) is 9.97 Å². The van der Waals surface area contributed by atoms with Gasteiger partial charge in [0, 0.05) is 35.8 Å². The Morgan fingerprint density at radius 1 is 1.11 bits per heavy atom. The molecular weight excluding hydrogens is 338 g/mol. The number of hydrogen-bond donors (Lipinski definition) is 0. The average molecular weight is 361 g/mol. The zero-order chi connectivity index (χ0) is 18.4. The summed E-state index contributed by atoms with van der Waals surface area (Å²) in [6.07, 6.45) is 8.98. The Kier molecular flexibility index (Phi) is 3.82. The van der Waals surface area contributed by atoms with Gasteiger partial charge < -0.3 is 4.90 Å². The van der Waals surface area contributed by atoms with E-state index in [1.54, 1.807) is 4.68 Å². The highest BCUT2D eigenvalue weighted by Gasteiger charge is 2.44. The molecule has 3 saturated heterocycles. The van der Waals surface area contributed by atoms with Crippen molar-refractivity contribution in [2.24, 2.45) is 12.5 Å². The van der Waals surface area contributed by atoms with Crippen LogP contribution in [0, 0.1) is 5.41 Å². The quantitative estimate of drug-likeness (QED) is 0.715. The van der Waals surface area contributed by atoms with Crippen LogP contribution in [0.5, 0.6) is 0 Å². The second-order valence-electron chi connectivity index (χ2n) is 7.93. The molecule has 6 rings (SSSR count). The van der Waals surface area contributed by atoms with Crippen LogP contribution in [0.1, 0.15) is 25.1 Å². The smallest absolute Gasteiger partial charge is 0.146 e. The van der Waals surface area contributed by atoms with Gasteiger partial charge in [-0.2, -0.15) is 5.10 Å². The van der Waals surface area contributed by atoms with Gasteiger partial charge in [0.1, 0.15) is 11.6 Å². The van der Waals surface area contributed by atoms with E-state index in [0.717, 1.165) is 60.9 Å². The molecule has 138 valence electrons. The number of carbonyl (C=O) groups excluding carboxylic acids is 1. The summed E-state index contributed by atoms with van der Waals surface area (Å²) < 4.78 is 1.79. The molecule has 3 aliphatic rings. The van der Waals surface area contributed by atoms with Gasteiger partial charge in [0.05, 0.1) is 18.1 Å². The van der Waals surface area contributed by atoms with Crippen molar-refractivity contribution in [1.82, 2.24) is 24.6 Å². The maximum atomic E-state index is 13.1. The van der Waals surface area contributed by atoms with Gasteiger partial charge in [-0.15, -0.1) is 0 Å². The number of ketones is 1. The summed E-state index contributed by atoms with van der Waals surface area (Å²) in [6.45, 7) is 3.16. The fraction of sp³-hybridized carbons (Fsp3) is 0.429. The number of benzene rings is 1. The number of aryl methyl sites for hydroxylation is 1. The fourth-order valence-electron chi connectivity index (χ4n) is 4.47. The van der Waals surface area contributed by atoms with Crippen LogP contribution in [0.3, 0.4) is 0 Å². The Morgan fingerprint density at radius 3 is 2.59 bits per heavy atom. The topological polar surface area (TPSA) is 63.9 Å². The van der Waals surface area contributed by atoms with Gasteiger partial charge in [0.2, 0.25) is 0 Å². The highest BCUT2D eigenvalue weighted by Crippen LogP contribution is 2.41. The second kappa shape index (κ2) is 6.23. The van der Waals surface area contributed by atoms with Crippen molar-refractivity contribution in [3.8, 4) is 11.1 Å². The minimum Gasteiger partial charge on any atom is -0.303 e. The Hall–Kier alpha value is -2.60. The molecule has 6 heteroatoms. The van der Waals surface area contributed by atoms with Crippen molar-refractivity contribution in [3.05, 3.63) is 42.6 Å². The van der Waals surface area contributed by atoms with Crippen LogP contribution in [-0.4, -0.2) is 50.1 Å². The summed E-state index contributed by atoms with van der Waals surface area (Å²) >= 11 is 0. The molecule has 27 heavy (non-hydrogen) atoms. The minimum absolute atomic E-state index is 0.134. The molecule has 2 aromatic heterocycles. The van der Waals surface area contributed by atoms with Crippen molar-refractivity contribution >= 4 is 16.7 Å². The molecule has 0 amide bonds. The van der Waals surface area contributed by atoms with E-state index in [0.29, 0.717) is 18.0 Å². The summed E-state index contributed by atoms with van der Waals surface area (Å²) in [5.41, 5.74) is 2.88. The SMILES string of the molecule is Cn1cc(-c2ccc3cnc(CC(=O)C45CCN(CC4)CC5)nc3c2)cn1. The predicted octanol–water partition coefficient (Wildman–Crippen LogP) is 2.63. The third-order valence-electron chi connectivity index (χ3n) is 6.30. The first-order chi connectivity index (χ1) is 13.1. The van der Waals surface area contributed by atoms with Crippen LogP contribution in [0.15, 0.2) is 36.8 Å². The molecule has 0 spiro atoms. The molecule has 6 nitrogen and oxygen atoms in total. The Labute approximate surface area is 158 Å². The molecule has 2 bridgehead atoms. The van der Waals surface area contributed by atoms with Gasteiger partial charge in [0.25, 0.3) is 0 Å². The summed E-state index contributed by atoms with van der Waals surface area (Å²) in [5, 5.41) is 5.23. The molecule has 0 aliphatic carbocycles. The minimum atomic E-state index is -0.134. The standard InChI is InChI=1S/C21H23N5O/c1-25-14-17(13-23-25)15-2-3-16-12-22-20(24-18(16)10-15)11-19(27)21-4-7-26(8-5-21)9-6-21/h2-3,10,12-14H,4-9,11H2,1H3. The van der Waals surface area contributed by atoms with Crippen LogP contribution < -0.4 is 0 Å². The highest BCUT2D eigenvalue weighted by atomic mass is 16.1. The number of aromatic nitrogens is 4. The molecule has 3 aliphatic heterocycles. The first-order valence-corrected chi connectivity index (χ1v) is 9.62. The zero-order valence-corrected chi connectivity index (χ0v) is 15.6. The van der Waals surface area contributed by atoms with Crippen LogP contribution in [0.4, 0.5) is 0 Å². The molecule has 0 atom stereocenters. The predicted molar refractivity (Wildman–Crippen MR) is 103 cm³/mol. The number of nitrogens with zero attached hydrogens (tertiary/aromatic N) is 5.